The van der Waals surface area contributed by atoms with Gasteiger partial charge < -0.3 is 14.4 Å². The maximum absolute atomic E-state index is 13.4. The first-order valence-corrected chi connectivity index (χ1v) is 9.02. The molecule has 1 N–H and O–H groups in total. The van der Waals surface area contributed by atoms with E-state index in [0.29, 0.717) is 6.08 Å². The minimum Gasteiger partial charge on any atom is -0.489 e. The van der Waals surface area contributed by atoms with Gasteiger partial charge in [-0.25, -0.2) is 0 Å². The van der Waals surface area contributed by atoms with Crippen LogP contribution in [0.3, 0.4) is 0 Å². The summed E-state index contributed by atoms with van der Waals surface area (Å²) < 4.78 is 70.4. The standard InChI is InChI=1S/C17H16F3NO5S/c1-16(2)15(23)13(21-8-4-3-5-11(21)22)12-10(26-16)7-6-9(17(18,19)20)14(12)27(24)25/h3-8,12-13,15,23H,1-2H3. The molecule has 3 rings (SSSR count). The molecule has 0 spiro atoms. The third-order valence-electron chi connectivity index (χ3n) is 4.68. The monoisotopic (exact) mass is 403 g/mol. The van der Waals surface area contributed by atoms with Crippen molar-refractivity contribution in [2.24, 2.45) is 5.92 Å². The number of nitrogens with zero attached hydrogens (tertiary/aromatic N) is 1. The van der Waals surface area contributed by atoms with Crippen LogP contribution in [0.25, 0.3) is 0 Å². The van der Waals surface area contributed by atoms with Crippen LogP contribution in [-0.4, -0.2) is 40.8 Å². The molecule has 27 heavy (non-hydrogen) atoms. The number of alkyl halides is 3. The lowest BCUT2D eigenvalue weighted by atomic mass is 9.76. The quantitative estimate of drug-likeness (QED) is 0.721. The number of hydrogen-bond donors (Lipinski definition) is 1. The molecular formula is C17H16F3NO5S. The Morgan fingerprint density at radius 3 is 2.44 bits per heavy atom. The lowest BCUT2D eigenvalue weighted by molar-refractivity contribution is -0.134. The van der Waals surface area contributed by atoms with E-state index in [1.165, 1.54) is 38.2 Å². The zero-order valence-electron chi connectivity index (χ0n) is 14.3. The Hall–Kier alpha value is -2.33. The summed E-state index contributed by atoms with van der Waals surface area (Å²) in [7, 11) is -3.26. The summed E-state index contributed by atoms with van der Waals surface area (Å²) in [6, 6.07) is 2.78. The van der Waals surface area contributed by atoms with Gasteiger partial charge in [-0.05, 0) is 32.1 Å². The van der Waals surface area contributed by atoms with E-state index in [4.69, 9.17) is 4.74 Å². The molecule has 0 amide bonds. The van der Waals surface area contributed by atoms with Gasteiger partial charge in [-0.3, -0.25) is 4.79 Å². The fraction of sp³-hybridized carbons (Fsp3) is 0.412. The second kappa shape index (κ2) is 6.38. The van der Waals surface area contributed by atoms with Crippen molar-refractivity contribution < 1.29 is 31.4 Å². The van der Waals surface area contributed by atoms with Gasteiger partial charge in [-0.2, -0.15) is 21.6 Å². The molecule has 1 aliphatic heterocycles. The molecule has 1 aromatic heterocycles. The molecule has 6 nitrogen and oxygen atoms in total. The van der Waals surface area contributed by atoms with E-state index in [-0.39, 0.29) is 5.76 Å². The van der Waals surface area contributed by atoms with Crippen molar-refractivity contribution in [3.8, 4) is 0 Å². The molecule has 1 aliphatic carbocycles. The van der Waals surface area contributed by atoms with Crippen molar-refractivity contribution in [2.45, 2.75) is 37.8 Å². The average molecular weight is 403 g/mol. The van der Waals surface area contributed by atoms with Gasteiger partial charge in [-0.15, -0.1) is 0 Å². The van der Waals surface area contributed by atoms with Crippen LogP contribution in [0.4, 0.5) is 13.2 Å². The summed E-state index contributed by atoms with van der Waals surface area (Å²) >= 11 is 0. The Morgan fingerprint density at radius 2 is 1.89 bits per heavy atom. The Morgan fingerprint density at radius 1 is 1.22 bits per heavy atom. The third-order valence-corrected chi connectivity index (χ3v) is 5.52. The molecule has 0 saturated carbocycles. The topological polar surface area (TPSA) is 85.6 Å². The highest BCUT2D eigenvalue weighted by atomic mass is 32.2. The second-order valence-corrected chi connectivity index (χ2v) is 7.72. The summed E-state index contributed by atoms with van der Waals surface area (Å²) in [5.41, 5.74) is -3.20. The number of aliphatic hydroxyl groups excluding tert-OH is 1. The molecule has 10 heteroatoms. The van der Waals surface area contributed by atoms with Gasteiger partial charge >= 0.3 is 6.18 Å². The normalized spacial score (nSPS) is 27.2. The molecule has 0 aromatic carbocycles. The summed E-state index contributed by atoms with van der Waals surface area (Å²) in [5.74, 6) is -1.55. The van der Waals surface area contributed by atoms with Gasteiger partial charge in [0.1, 0.15) is 17.5 Å². The van der Waals surface area contributed by atoms with Gasteiger partial charge in [0.25, 0.3) is 5.56 Å². The van der Waals surface area contributed by atoms with Gasteiger partial charge in [0.15, 0.2) is 0 Å². The van der Waals surface area contributed by atoms with Crippen LogP contribution in [0, 0.1) is 5.92 Å². The van der Waals surface area contributed by atoms with Crippen LogP contribution in [0.2, 0.25) is 0 Å². The van der Waals surface area contributed by atoms with E-state index >= 15 is 0 Å². The van der Waals surface area contributed by atoms with Crippen LogP contribution in [0.15, 0.2) is 52.7 Å². The fourth-order valence-corrected chi connectivity index (χ4v) is 4.28. The van der Waals surface area contributed by atoms with Crippen molar-refractivity contribution >= 4 is 15.2 Å². The van der Waals surface area contributed by atoms with Crippen molar-refractivity contribution in [1.82, 2.24) is 4.57 Å². The summed E-state index contributed by atoms with van der Waals surface area (Å²) in [6.45, 7) is 3.01. The summed E-state index contributed by atoms with van der Waals surface area (Å²) in [4.78, 5) is 11.3. The summed E-state index contributed by atoms with van der Waals surface area (Å²) in [5, 5.41) is 10.8. The van der Waals surface area contributed by atoms with Gasteiger partial charge in [0, 0.05) is 12.3 Å². The first-order chi connectivity index (χ1) is 12.4. The number of rotatable bonds is 1. The molecule has 2 heterocycles. The van der Waals surface area contributed by atoms with Crippen LogP contribution in [-0.2, 0) is 15.0 Å². The molecule has 1 saturated heterocycles. The van der Waals surface area contributed by atoms with E-state index in [0.717, 1.165) is 10.6 Å². The lowest BCUT2D eigenvalue weighted by Crippen LogP contribution is -2.56. The van der Waals surface area contributed by atoms with Crippen molar-refractivity contribution in [3.63, 3.8) is 0 Å². The number of hydrogen-bond acceptors (Lipinski definition) is 5. The number of aromatic nitrogens is 1. The Kier molecular flexibility index (Phi) is 4.59. The number of allylic oxidation sites excluding steroid dienone is 4. The van der Waals surface area contributed by atoms with Gasteiger partial charge in [0.2, 0.25) is 10.3 Å². The largest absolute Gasteiger partial charge is 0.489 e. The first kappa shape index (κ1) is 19.4. The smallest absolute Gasteiger partial charge is 0.417 e. The zero-order chi connectivity index (χ0) is 20.1. The van der Waals surface area contributed by atoms with Crippen LogP contribution < -0.4 is 5.56 Å². The number of pyridine rings is 1. The minimum absolute atomic E-state index is 0.0572. The minimum atomic E-state index is -4.93. The van der Waals surface area contributed by atoms with E-state index in [9.17, 15) is 31.5 Å². The number of ether oxygens (including phenoxy) is 1. The van der Waals surface area contributed by atoms with Crippen LogP contribution >= 0.6 is 0 Å². The molecule has 0 radical (unpaired) electrons. The number of halogens is 3. The molecule has 3 atom stereocenters. The maximum atomic E-state index is 13.4. The molecule has 3 unspecified atom stereocenters. The molecular weight excluding hydrogens is 387 g/mol. The Balaban J connectivity index is 2.32. The zero-order valence-corrected chi connectivity index (χ0v) is 15.1. The fourth-order valence-electron chi connectivity index (χ4n) is 3.45. The number of aliphatic hydroxyl groups is 1. The van der Waals surface area contributed by atoms with Gasteiger partial charge in [-0.1, -0.05) is 6.07 Å². The molecule has 1 fully saturated rings. The molecule has 0 bridgehead atoms. The highest BCUT2D eigenvalue weighted by Crippen LogP contribution is 2.46. The van der Waals surface area contributed by atoms with Crippen LogP contribution in [0.5, 0.6) is 0 Å². The summed E-state index contributed by atoms with van der Waals surface area (Å²) in [6.07, 6.45) is -3.41. The van der Waals surface area contributed by atoms with E-state index in [1.807, 2.05) is 0 Å². The predicted octanol–water partition coefficient (Wildman–Crippen LogP) is 1.61. The Bertz CT molecular complexity index is 1030. The first-order valence-electron chi connectivity index (χ1n) is 7.95. The van der Waals surface area contributed by atoms with E-state index in [1.54, 1.807) is 0 Å². The Labute approximate surface area is 153 Å². The SMILES string of the molecule is CC1(C)OC2=CC=C(C(F)(F)F)C(=S(=O)=O)C2C(n2ccccc2=O)C1O. The lowest BCUT2D eigenvalue weighted by Gasteiger charge is -2.48. The maximum Gasteiger partial charge on any atom is 0.417 e. The highest BCUT2D eigenvalue weighted by Gasteiger charge is 2.54. The van der Waals surface area contributed by atoms with Crippen molar-refractivity contribution in [2.75, 3.05) is 0 Å². The van der Waals surface area contributed by atoms with Crippen LogP contribution in [0.1, 0.15) is 19.9 Å². The predicted molar refractivity (Wildman–Crippen MR) is 90.5 cm³/mol. The van der Waals surface area contributed by atoms with Gasteiger partial charge in [0.05, 0.1) is 22.4 Å². The highest BCUT2D eigenvalue weighted by molar-refractivity contribution is 7.73. The van der Waals surface area contributed by atoms with E-state index < -0.39 is 56.1 Å². The second-order valence-electron chi connectivity index (χ2n) is 6.81. The molecule has 146 valence electrons. The van der Waals surface area contributed by atoms with E-state index in [2.05, 4.69) is 0 Å². The average Bonchev–Trinajstić information content (AvgIpc) is 2.55. The molecule has 1 aromatic rings. The number of fused-ring (bicyclic) bond motifs is 1. The third kappa shape index (κ3) is 3.23. The molecule has 2 aliphatic rings. The van der Waals surface area contributed by atoms with Crippen molar-refractivity contribution in [1.29, 1.82) is 0 Å². The van der Waals surface area contributed by atoms with Crippen molar-refractivity contribution in [3.05, 3.63) is 58.2 Å².